The van der Waals surface area contributed by atoms with Gasteiger partial charge in [0.2, 0.25) is 0 Å². The Kier molecular flexibility index (Phi) is 4.33. The van der Waals surface area contributed by atoms with E-state index >= 15 is 0 Å². The lowest BCUT2D eigenvalue weighted by Gasteiger charge is -2.25. The molecule has 0 amide bonds. The largest absolute Gasteiger partial charge is 0.507 e. The van der Waals surface area contributed by atoms with E-state index < -0.39 is 12.1 Å². The minimum Gasteiger partial charge on any atom is -0.507 e. The van der Waals surface area contributed by atoms with Gasteiger partial charge in [-0.25, -0.2) is 0 Å². The Balaban J connectivity index is 2.96. The molecular formula is C13H21NO2. The van der Waals surface area contributed by atoms with Crippen LogP contribution in [0.1, 0.15) is 37.4 Å². The van der Waals surface area contributed by atoms with Crippen LogP contribution in [0.4, 0.5) is 0 Å². The second-order valence-electron chi connectivity index (χ2n) is 4.41. The Hall–Kier alpha value is -1.06. The minimum absolute atomic E-state index is 0.120. The maximum atomic E-state index is 10.0. The molecule has 4 N–H and O–H groups in total. The molecule has 16 heavy (non-hydrogen) atoms. The van der Waals surface area contributed by atoms with Crippen LogP contribution in [0.5, 0.6) is 5.75 Å². The lowest BCUT2D eigenvalue weighted by atomic mass is 9.90. The fourth-order valence-corrected chi connectivity index (χ4v) is 1.73. The van der Waals surface area contributed by atoms with Gasteiger partial charge in [-0.3, -0.25) is 0 Å². The molecule has 0 spiro atoms. The summed E-state index contributed by atoms with van der Waals surface area (Å²) in [5.41, 5.74) is 7.37. The number of hydrogen-bond donors (Lipinski definition) is 3. The third-order valence-electron chi connectivity index (χ3n) is 3.22. The quantitative estimate of drug-likeness (QED) is 0.732. The number of hydrogen-bond acceptors (Lipinski definition) is 3. The summed E-state index contributed by atoms with van der Waals surface area (Å²) in [6, 6.07) is 4.89. The van der Waals surface area contributed by atoms with Crippen molar-refractivity contribution in [2.45, 2.75) is 39.3 Å². The highest BCUT2D eigenvalue weighted by Gasteiger charge is 2.24. The lowest BCUT2D eigenvalue weighted by Crippen LogP contribution is -2.31. The Morgan fingerprint density at radius 1 is 1.38 bits per heavy atom. The first-order chi connectivity index (χ1) is 7.49. The summed E-state index contributed by atoms with van der Waals surface area (Å²) in [5.74, 6) is 0.312. The smallest absolute Gasteiger partial charge is 0.123 e. The number of rotatable bonds is 4. The highest BCUT2D eigenvalue weighted by atomic mass is 16.3. The Bertz CT molecular complexity index is 352. The molecule has 0 radical (unpaired) electrons. The first kappa shape index (κ1) is 13.0. The number of aryl methyl sites for hydroxylation is 1. The number of para-hydroxylation sites is 1. The van der Waals surface area contributed by atoms with Crippen LogP contribution < -0.4 is 5.73 Å². The summed E-state index contributed by atoms with van der Waals surface area (Å²) in [4.78, 5) is 0. The Labute approximate surface area is 96.9 Å². The van der Waals surface area contributed by atoms with Crippen LogP contribution in [0.15, 0.2) is 18.2 Å². The third kappa shape index (κ3) is 2.54. The Morgan fingerprint density at radius 2 is 2.00 bits per heavy atom. The fraction of sp³-hybridized carbons (Fsp3) is 0.538. The third-order valence-corrected chi connectivity index (χ3v) is 3.22. The fourth-order valence-electron chi connectivity index (χ4n) is 1.73. The van der Waals surface area contributed by atoms with E-state index in [2.05, 4.69) is 0 Å². The van der Waals surface area contributed by atoms with E-state index in [1.54, 1.807) is 6.07 Å². The van der Waals surface area contributed by atoms with E-state index in [-0.39, 0.29) is 11.7 Å². The summed E-state index contributed by atoms with van der Waals surface area (Å²) >= 11 is 0. The number of aromatic hydroxyl groups is 1. The second-order valence-corrected chi connectivity index (χ2v) is 4.41. The molecular weight excluding hydrogens is 202 g/mol. The molecule has 1 aromatic rings. The van der Waals surface area contributed by atoms with Crippen molar-refractivity contribution >= 4 is 0 Å². The monoisotopic (exact) mass is 223 g/mol. The number of nitrogens with two attached hydrogens (primary N) is 1. The highest BCUT2D eigenvalue weighted by Crippen LogP contribution is 2.30. The van der Waals surface area contributed by atoms with Crippen LogP contribution in [-0.2, 0) is 0 Å². The summed E-state index contributed by atoms with van der Waals surface area (Å²) < 4.78 is 0. The van der Waals surface area contributed by atoms with Crippen molar-refractivity contribution in [1.29, 1.82) is 0 Å². The molecule has 0 bridgehead atoms. The summed E-state index contributed by atoms with van der Waals surface area (Å²) in [7, 11) is 0. The number of phenolic OH excluding ortho intramolecular Hbond substituents is 1. The van der Waals surface area contributed by atoms with Gasteiger partial charge < -0.3 is 15.9 Å². The molecule has 1 rings (SSSR count). The van der Waals surface area contributed by atoms with Crippen molar-refractivity contribution in [1.82, 2.24) is 0 Å². The van der Waals surface area contributed by atoms with Crippen LogP contribution in [0.25, 0.3) is 0 Å². The van der Waals surface area contributed by atoms with Gasteiger partial charge in [0.15, 0.2) is 0 Å². The molecule has 1 unspecified atom stereocenters. The molecule has 3 nitrogen and oxygen atoms in total. The van der Waals surface area contributed by atoms with Crippen molar-refractivity contribution in [3.63, 3.8) is 0 Å². The maximum absolute atomic E-state index is 10.0. The van der Waals surface area contributed by atoms with Crippen molar-refractivity contribution in [3.05, 3.63) is 29.3 Å². The number of aliphatic hydroxyl groups is 1. The average Bonchev–Trinajstić information content (AvgIpc) is 2.29. The summed E-state index contributed by atoms with van der Waals surface area (Å²) in [5, 5.41) is 19.9. The minimum atomic E-state index is -0.627. The molecule has 0 aromatic heterocycles. The van der Waals surface area contributed by atoms with Gasteiger partial charge in [0, 0.05) is 5.56 Å². The van der Waals surface area contributed by atoms with Gasteiger partial charge in [0.1, 0.15) is 5.75 Å². The molecule has 0 aliphatic carbocycles. The van der Waals surface area contributed by atoms with Gasteiger partial charge in [0.25, 0.3) is 0 Å². The molecule has 3 atom stereocenters. The predicted octanol–water partition coefficient (Wildman–Crippen LogP) is 2.11. The molecule has 0 aliphatic rings. The van der Waals surface area contributed by atoms with Gasteiger partial charge in [-0.15, -0.1) is 0 Å². The molecule has 0 fully saturated rings. The normalized spacial score (nSPS) is 16.8. The van der Waals surface area contributed by atoms with Crippen molar-refractivity contribution < 1.29 is 10.2 Å². The van der Waals surface area contributed by atoms with Crippen molar-refractivity contribution in [3.8, 4) is 5.75 Å². The second kappa shape index (κ2) is 5.32. The van der Waals surface area contributed by atoms with Crippen LogP contribution in [0.2, 0.25) is 0 Å². The first-order valence-corrected chi connectivity index (χ1v) is 5.71. The van der Waals surface area contributed by atoms with Gasteiger partial charge in [-0.2, -0.15) is 0 Å². The van der Waals surface area contributed by atoms with E-state index in [1.807, 2.05) is 32.9 Å². The average molecular weight is 223 g/mol. The van der Waals surface area contributed by atoms with Gasteiger partial charge >= 0.3 is 0 Å². The summed E-state index contributed by atoms with van der Waals surface area (Å²) in [6.45, 7) is 5.79. The zero-order valence-corrected chi connectivity index (χ0v) is 10.1. The van der Waals surface area contributed by atoms with Crippen LogP contribution >= 0.6 is 0 Å². The van der Waals surface area contributed by atoms with E-state index in [0.717, 1.165) is 12.0 Å². The molecule has 1 aromatic carbocycles. The van der Waals surface area contributed by atoms with Crippen LogP contribution in [0.3, 0.4) is 0 Å². The zero-order chi connectivity index (χ0) is 12.3. The van der Waals surface area contributed by atoms with Crippen molar-refractivity contribution in [2.75, 3.05) is 0 Å². The van der Waals surface area contributed by atoms with Crippen LogP contribution in [-0.4, -0.2) is 16.3 Å². The zero-order valence-electron chi connectivity index (χ0n) is 10.1. The van der Waals surface area contributed by atoms with E-state index in [1.165, 1.54) is 0 Å². The molecule has 0 aliphatic heterocycles. The van der Waals surface area contributed by atoms with E-state index in [4.69, 9.17) is 5.73 Å². The van der Waals surface area contributed by atoms with E-state index in [9.17, 15) is 10.2 Å². The molecule has 90 valence electrons. The van der Waals surface area contributed by atoms with E-state index in [0.29, 0.717) is 5.56 Å². The molecule has 0 saturated carbocycles. The van der Waals surface area contributed by atoms with Gasteiger partial charge in [0.05, 0.1) is 12.1 Å². The highest BCUT2D eigenvalue weighted by molar-refractivity contribution is 5.41. The van der Waals surface area contributed by atoms with Gasteiger partial charge in [-0.1, -0.05) is 38.5 Å². The van der Waals surface area contributed by atoms with Gasteiger partial charge in [-0.05, 0) is 18.4 Å². The molecule has 0 saturated heterocycles. The number of benzene rings is 1. The molecule has 3 heteroatoms. The standard InChI is InChI=1S/C13H21NO2/c1-4-8(2)13(16)11(14)10-7-5-6-9(3)12(10)15/h5-8,11,13,15-16H,4,14H2,1-3H3/t8?,11-,13+/m1/s1. The maximum Gasteiger partial charge on any atom is 0.123 e. The van der Waals surface area contributed by atoms with Crippen LogP contribution in [0, 0.1) is 12.8 Å². The van der Waals surface area contributed by atoms with Crippen molar-refractivity contribution in [2.24, 2.45) is 11.7 Å². The topological polar surface area (TPSA) is 66.5 Å². The summed E-state index contributed by atoms with van der Waals surface area (Å²) in [6.07, 6.45) is 0.235. The lowest BCUT2D eigenvalue weighted by molar-refractivity contribution is 0.0871. The molecule has 0 heterocycles. The number of aliphatic hydroxyl groups excluding tert-OH is 1. The Morgan fingerprint density at radius 3 is 2.56 bits per heavy atom. The number of phenols is 1. The first-order valence-electron chi connectivity index (χ1n) is 5.71. The SMILES string of the molecule is CCC(C)[C@H](O)[C@H](N)c1cccc(C)c1O. The predicted molar refractivity (Wildman–Crippen MR) is 65.2 cm³/mol.